The Balaban J connectivity index is 3.01. The number of nitrogens with one attached hydrogen (secondary N) is 2. The molecule has 0 atom stereocenters. The molecular weight excluding hydrogens is 262 g/mol. The number of anilines is 1. The summed E-state index contributed by atoms with van der Waals surface area (Å²) in [5.41, 5.74) is -0.0493. The molecule has 0 saturated heterocycles. The second kappa shape index (κ2) is 6.65. The molecule has 7 heteroatoms. The number of nitro benzene ring substituents is 1. The van der Waals surface area contributed by atoms with Gasteiger partial charge in [0.25, 0.3) is 11.6 Å². The fourth-order valence-corrected chi connectivity index (χ4v) is 1.52. The first-order valence-corrected chi connectivity index (χ1v) is 6.15. The molecule has 0 fully saturated rings. The molecule has 0 radical (unpaired) electrons. The lowest BCUT2D eigenvalue weighted by molar-refractivity contribution is -0.384. The number of nitrogens with zero attached hydrogens (tertiary/aromatic N) is 1. The molecule has 0 unspecified atom stereocenters. The summed E-state index contributed by atoms with van der Waals surface area (Å²) >= 11 is 0. The highest BCUT2D eigenvalue weighted by Crippen LogP contribution is 2.25. The molecule has 0 aromatic heterocycles. The maximum atomic E-state index is 11.8. The van der Waals surface area contributed by atoms with Gasteiger partial charge in [-0.05, 0) is 18.1 Å². The molecule has 0 aliphatic heterocycles. The standard InChI is InChI=1S/C13H17N3O4/c1-8(2)7-14-13(18)10-4-5-11(15-9(3)17)12(6-10)16(19)20/h4-6,8H,7H2,1-3H3,(H,14,18)(H,15,17). The van der Waals surface area contributed by atoms with Gasteiger partial charge >= 0.3 is 0 Å². The molecule has 2 amide bonds. The molecule has 0 saturated carbocycles. The second-order valence-corrected chi connectivity index (χ2v) is 4.77. The fourth-order valence-electron chi connectivity index (χ4n) is 1.52. The molecule has 1 rings (SSSR count). The highest BCUT2D eigenvalue weighted by molar-refractivity contribution is 5.97. The van der Waals surface area contributed by atoms with Crippen LogP contribution in [0.3, 0.4) is 0 Å². The smallest absolute Gasteiger partial charge is 0.293 e. The van der Waals surface area contributed by atoms with Gasteiger partial charge in [-0.25, -0.2) is 0 Å². The summed E-state index contributed by atoms with van der Waals surface area (Å²) in [6.07, 6.45) is 0. The Labute approximate surface area is 116 Å². The van der Waals surface area contributed by atoms with Crippen molar-refractivity contribution >= 4 is 23.2 Å². The van der Waals surface area contributed by atoms with Gasteiger partial charge < -0.3 is 10.6 Å². The van der Waals surface area contributed by atoms with Gasteiger partial charge in [-0.1, -0.05) is 13.8 Å². The van der Waals surface area contributed by atoms with Crippen LogP contribution < -0.4 is 10.6 Å². The van der Waals surface area contributed by atoms with Crippen molar-refractivity contribution in [3.05, 3.63) is 33.9 Å². The van der Waals surface area contributed by atoms with E-state index in [0.29, 0.717) is 6.54 Å². The van der Waals surface area contributed by atoms with Crippen LogP contribution in [-0.2, 0) is 4.79 Å². The molecule has 0 aliphatic carbocycles. The maximum Gasteiger partial charge on any atom is 0.293 e. The van der Waals surface area contributed by atoms with Crippen LogP contribution in [0.25, 0.3) is 0 Å². The monoisotopic (exact) mass is 279 g/mol. The lowest BCUT2D eigenvalue weighted by atomic mass is 10.1. The van der Waals surface area contributed by atoms with Gasteiger partial charge in [0.1, 0.15) is 5.69 Å². The SMILES string of the molecule is CC(=O)Nc1ccc(C(=O)NCC(C)C)cc1[N+](=O)[O-]. The van der Waals surface area contributed by atoms with Gasteiger partial charge in [-0.2, -0.15) is 0 Å². The molecule has 7 nitrogen and oxygen atoms in total. The van der Waals surface area contributed by atoms with Crippen LogP contribution in [0, 0.1) is 16.0 Å². The lowest BCUT2D eigenvalue weighted by Gasteiger charge is -2.09. The zero-order valence-electron chi connectivity index (χ0n) is 11.6. The summed E-state index contributed by atoms with van der Waals surface area (Å²) in [5, 5.41) is 16.0. The molecule has 0 heterocycles. The van der Waals surface area contributed by atoms with E-state index in [4.69, 9.17) is 0 Å². The largest absolute Gasteiger partial charge is 0.352 e. The number of nitro groups is 1. The van der Waals surface area contributed by atoms with E-state index in [0.717, 1.165) is 6.07 Å². The molecule has 1 aromatic carbocycles. The summed E-state index contributed by atoms with van der Waals surface area (Å²) in [4.78, 5) is 33.1. The van der Waals surface area contributed by atoms with Crippen LogP contribution in [0.15, 0.2) is 18.2 Å². The van der Waals surface area contributed by atoms with Crippen molar-refractivity contribution in [3.63, 3.8) is 0 Å². The van der Waals surface area contributed by atoms with E-state index in [1.807, 2.05) is 13.8 Å². The van der Waals surface area contributed by atoms with Crippen molar-refractivity contribution in [2.24, 2.45) is 5.92 Å². The first-order chi connectivity index (χ1) is 9.31. The van der Waals surface area contributed by atoms with E-state index in [2.05, 4.69) is 10.6 Å². The van der Waals surface area contributed by atoms with Crippen molar-refractivity contribution in [2.75, 3.05) is 11.9 Å². The molecule has 108 valence electrons. The van der Waals surface area contributed by atoms with Gasteiger partial charge in [-0.15, -0.1) is 0 Å². The predicted octanol–water partition coefficient (Wildman–Crippen LogP) is 1.94. The first kappa shape index (κ1) is 15.6. The molecular formula is C13H17N3O4. The summed E-state index contributed by atoms with van der Waals surface area (Å²) in [6, 6.07) is 3.94. The zero-order valence-corrected chi connectivity index (χ0v) is 11.6. The Morgan fingerprint density at radius 1 is 1.35 bits per heavy atom. The second-order valence-electron chi connectivity index (χ2n) is 4.77. The van der Waals surface area contributed by atoms with Gasteiger partial charge in [-0.3, -0.25) is 19.7 Å². The highest BCUT2D eigenvalue weighted by Gasteiger charge is 2.18. The maximum absolute atomic E-state index is 11.8. The van der Waals surface area contributed by atoms with Crippen LogP contribution in [0.5, 0.6) is 0 Å². The van der Waals surface area contributed by atoms with Crippen LogP contribution >= 0.6 is 0 Å². The third-order valence-corrected chi connectivity index (χ3v) is 2.44. The van der Waals surface area contributed by atoms with Crippen LogP contribution in [0.4, 0.5) is 11.4 Å². The first-order valence-electron chi connectivity index (χ1n) is 6.15. The van der Waals surface area contributed by atoms with E-state index < -0.39 is 10.8 Å². The third kappa shape index (κ3) is 4.34. The fraction of sp³-hybridized carbons (Fsp3) is 0.385. The average molecular weight is 279 g/mol. The highest BCUT2D eigenvalue weighted by atomic mass is 16.6. The topological polar surface area (TPSA) is 101 Å². The van der Waals surface area contributed by atoms with Crippen molar-refractivity contribution in [3.8, 4) is 0 Å². The van der Waals surface area contributed by atoms with E-state index in [1.165, 1.54) is 19.1 Å². The summed E-state index contributed by atoms with van der Waals surface area (Å²) in [7, 11) is 0. The van der Waals surface area contributed by atoms with Crippen LogP contribution in [-0.4, -0.2) is 23.3 Å². The Bertz CT molecular complexity index is 540. The van der Waals surface area contributed by atoms with Gasteiger partial charge in [0.15, 0.2) is 0 Å². The lowest BCUT2D eigenvalue weighted by Crippen LogP contribution is -2.27. The van der Waals surface area contributed by atoms with E-state index >= 15 is 0 Å². The van der Waals surface area contributed by atoms with Crippen molar-refractivity contribution in [2.45, 2.75) is 20.8 Å². The minimum Gasteiger partial charge on any atom is -0.352 e. The Morgan fingerprint density at radius 3 is 2.50 bits per heavy atom. The molecule has 2 N–H and O–H groups in total. The Morgan fingerprint density at radius 2 is 2.00 bits per heavy atom. The van der Waals surface area contributed by atoms with Crippen LogP contribution in [0.2, 0.25) is 0 Å². The minimum absolute atomic E-state index is 0.0721. The number of benzene rings is 1. The quantitative estimate of drug-likeness (QED) is 0.635. The number of hydrogen-bond acceptors (Lipinski definition) is 4. The van der Waals surface area contributed by atoms with Crippen molar-refractivity contribution in [1.82, 2.24) is 5.32 Å². The average Bonchev–Trinajstić information content (AvgIpc) is 2.35. The number of carbonyl (C=O) groups excluding carboxylic acids is 2. The third-order valence-electron chi connectivity index (χ3n) is 2.44. The number of rotatable bonds is 5. The van der Waals surface area contributed by atoms with E-state index in [-0.39, 0.29) is 28.8 Å². The number of amides is 2. The van der Waals surface area contributed by atoms with Gasteiger partial charge in [0.05, 0.1) is 4.92 Å². The molecule has 1 aromatic rings. The number of hydrogen-bond donors (Lipinski definition) is 2. The Hall–Kier alpha value is -2.44. The van der Waals surface area contributed by atoms with Crippen LogP contribution in [0.1, 0.15) is 31.1 Å². The van der Waals surface area contributed by atoms with Gasteiger partial charge in [0.2, 0.25) is 5.91 Å². The van der Waals surface area contributed by atoms with Crippen molar-refractivity contribution < 1.29 is 14.5 Å². The molecule has 0 bridgehead atoms. The Kier molecular flexibility index (Phi) is 5.19. The predicted molar refractivity (Wildman–Crippen MR) is 74.6 cm³/mol. The zero-order chi connectivity index (χ0) is 15.3. The minimum atomic E-state index is -0.634. The normalized spacial score (nSPS) is 10.2. The van der Waals surface area contributed by atoms with Crippen molar-refractivity contribution in [1.29, 1.82) is 0 Å². The summed E-state index contributed by atoms with van der Waals surface area (Å²) in [6.45, 7) is 5.64. The number of carbonyl (C=O) groups is 2. The molecule has 0 aliphatic rings. The van der Waals surface area contributed by atoms with E-state index in [9.17, 15) is 19.7 Å². The molecule has 0 spiro atoms. The molecule has 20 heavy (non-hydrogen) atoms. The van der Waals surface area contributed by atoms with E-state index in [1.54, 1.807) is 0 Å². The summed E-state index contributed by atoms with van der Waals surface area (Å²) < 4.78 is 0. The van der Waals surface area contributed by atoms with Gasteiger partial charge in [0, 0.05) is 25.1 Å². The summed E-state index contributed by atoms with van der Waals surface area (Å²) in [5.74, 6) is -0.506.